The second kappa shape index (κ2) is 9.27. The van der Waals surface area contributed by atoms with Gasteiger partial charge in [-0.1, -0.05) is 43.7 Å². The van der Waals surface area contributed by atoms with Crippen molar-refractivity contribution < 1.29 is 22.7 Å². The summed E-state index contributed by atoms with van der Waals surface area (Å²) in [6, 6.07) is 15.8. The Balaban J connectivity index is 2.01. The van der Waals surface area contributed by atoms with Crippen LogP contribution in [0.25, 0.3) is 0 Å². The van der Waals surface area contributed by atoms with Crippen molar-refractivity contribution in [3.05, 3.63) is 65.7 Å². The first-order valence-electron chi connectivity index (χ1n) is 8.52. The number of hydrogen-bond acceptors (Lipinski definition) is 2. The van der Waals surface area contributed by atoms with Crippen LogP contribution < -0.4 is 4.74 Å². The minimum atomic E-state index is -4.41. The van der Waals surface area contributed by atoms with Gasteiger partial charge in [0.1, 0.15) is 18.9 Å². The van der Waals surface area contributed by atoms with Crippen LogP contribution >= 0.6 is 0 Å². The number of ether oxygens (including phenoxy) is 1. The van der Waals surface area contributed by atoms with Gasteiger partial charge in [0.15, 0.2) is 0 Å². The number of rotatable bonds is 8. The van der Waals surface area contributed by atoms with Gasteiger partial charge in [-0.3, -0.25) is 4.79 Å². The zero-order chi connectivity index (χ0) is 19.0. The van der Waals surface area contributed by atoms with Crippen molar-refractivity contribution in [2.24, 2.45) is 0 Å². The lowest BCUT2D eigenvalue weighted by molar-refractivity contribution is -0.140. The molecule has 0 fully saturated rings. The molecule has 0 heterocycles. The van der Waals surface area contributed by atoms with E-state index in [2.05, 4.69) is 0 Å². The lowest BCUT2D eigenvalue weighted by atomic mass is 10.1. The maximum absolute atomic E-state index is 12.7. The van der Waals surface area contributed by atoms with Crippen LogP contribution in [0.2, 0.25) is 0 Å². The number of carbonyl (C=O) groups excluding carboxylic acids is 1. The molecule has 0 unspecified atom stereocenters. The topological polar surface area (TPSA) is 29.5 Å². The summed E-state index contributed by atoms with van der Waals surface area (Å²) in [5, 5.41) is 0. The van der Waals surface area contributed by atoms with Crippen molar-refractivity contribution in [2.75, 3.05) is 13.1 Å². The van der Waals surface area contributed by atoms with E-state index in [4.69, 9.17) is 4.74 Å². The average Bonchev–Trinajstić information content (AvgIpc) is 2.63. The fourth-order valence-corrected chi connectivity index (χ4v) is 2.43. The minimum Gasteiger partial charge on any atom is -0.489 e. The zero-order valence-corrected chi connectivity index (χ0v) is 14.6. The SMILES string of the molecule is CCCCN(CC(F)(F)F)C(=O)c1ccc(COc2ccccc2)cc1. The second-order valence-corrected chi connectivity index (χ2v) is 5.99. The Morgan fingerprint density at radius 3 is 2.27 bits per heavy atom. The number of alkyl halides is 3. The maximum Gasteiger partial charge on any atom is 0.406 e. The van der Waals surface area contributed by atoms with Crippen LogP contribution in [0.15, 0.2) is 54.6 Å². The lowest BCUT2D eigenvalue weighted by Gasteiger charge is -2.24. The maximum atomic E-state index is 12.7. The highest BCUT2D eigenvalue weighted by atomic mass is 19.4. The van der Waals surface area contributed by atoms with E-state index in [0.717, 1.165) is 22.6 Å². The molecule has 0 saturated carbocycles. The standard InChI is InChI=1S/C20H22F3NO2/c1-2-3-13-24(15-20(21,22)23)19(25)17-11-9-16(10-12-17)14-26-18-7-5-4-6-8-18/h4-12H,2-3,13-15H2,1H3. The fourth-order valence-electron chi connectivity index (χ4n) is 2.43. The molecular formula is C20H22F3NO2. The third-order valence-corrected chi connectivity index (χ3v) is 3.79. The molecule has 0 saturated heterocycles. The molecule has 0 N–H and O–H groups in total. The molecule has 6 heteroatoms. The predicted molar refractivity (Wildman–Crippen MR) is 94.1 cm³/mol. The molecule has 2 aromatic carbocycles. The van der Waals surface area contributed by atoms with Crippen molar-refractivity contribution in [1.29, 1.82) is 0 Å². The van der Waals surface area contributed by atoms with Gasteiger partial charge in [0.25, 0.3) is 5.91 Å². The Kier molecular flexibility index (Phi) is 7.06. The highest BCUT2D eigenvalue weighted by molar-refractivity contribution is 5.94. The molecule has 0 radical (unpaired) electrons. The highest BCUT2D eigenvalue weighted by Crippen LogP contribution is 2.19. The smallest absolute Gasteiger partial charge is 0.406 e. The van der Waals surface area contributed by atoms with Gasteiger partial charge in [-0.05, 0) is 36.2 Å². The van der Waals surface area contributed by atoms with Crippen LogP contribution in [0.5, 0.6) is 5.75 Å². The Labute approximate surface area is 151 Å². The first-order chi connectivity index (χ1) is 12.4. The number of para-hydroxylation sites is 1. The van der Waals surface area contributed by atoms with Crippen LogP contribution in [-0.4, -0.2) is 30.1 Å². The van der Waals surface area contributed by atoms with Gasteiger partial charge in [-0.2, -0.15) is 13.2 Å². The van der Waals surface area contributed by atoms with Crippen LogP contribution in [0.4, 0.5) is 13.2 Å². The van der Waals surface area contributed by atoms with E-state index in [1.165, 1.54) is 0 Å². The largest absolute Gasteiger partial charge is 0.489 e. The molecule has 0 aliphatic heterocycles. The number of nitrogens with zero attached hydrogens (tertiary/aromatic N) is 1. The molecule has 2 rings (SSSR count). The van der Waals surface area contributed by atoms with Crippen molar-refractivity contribution >= 4 is 5.91 Å². The first-order valence-corrected chi connectivity index (χ1v) is 8.52. The van der Waals surface area contributed by atoms with E-state index >= 15 is 0 Å². The summed E-state index contributed by atoms with van der Waals surface area (Å²) >= 11 is 0. The van der Waals surface area contributed by atoms with Crippen molar-refractivity contribution in [3.63, 3.8) is 0 Å². The molecule has 0 bridgehead atoms. The van der Waals surface area contributed by atoms with Crippen molar-refractivity contribution in [1.82, 2.24) is 4.90 Å². The quantitative estimate of drug-likeness (QED) is 0.654. The molecule has 0 aliphatic carbocycles. The molecular weight excluding hydrogens is 343 g/mol. The van der Waals surface area contributed by atoms with E-state index in [9.17, 15) is 18.0 Å². The summed E-state index contributed by atoms with van der Waals surface area (Å²) in [5.41, 5.74) is 1.08. The summed E-state index contributed by atoms with van der Waals surface area (Å²) in [4.78, 5) is 13.3. The van der Waals surface area contributed by atoms with Crippen LogP contribution in [0.1, 0.15) is 35.7 Å². The van der Waals surface area contributed by atoms with Crippen LogP contribution in [0, 0.1) is 0 Å². The van der Waals surface area contributed by atoms with Gasteiger partial charge in [0, 0.05) is 12.1 Å². The molecule has 140 valence electrons. The third-order valence-electron chi connectivity index (χ3n) is 3.79. The number of unbranched alkanes of at least 4 members (excludes halogenated alkanes) is 1. The molecule has 0 aromatic heterocycles. The predicted octanol–water partition coefficient (Wildman–Crippen LogP) is 5.07. The molecule has 3 nitrogen and oxygen atoms in total. The molecule has 26 heavy (non-hydrogen) atoms. The molecule has 0 aliphatic rings. The minimum absolute atomic E-state index is 0.0910. The van der Waals surface area contributed by atoms with E-state index in [-0.39, 0.29) is 12.1 Å². The molecule has 1 amide bonds. The summed E-state index contributed by atoms with van der Waals surface area (Å²) in [6.07, 6.45) is -3.16. The van der Waals surface area contributed by atoms with Gasteiger partial charge in [-0.15, -0.1) is 0 Å². The van der Waals surface area contributed by atoms with E-state index in [0.29, 0.717) is 13.0 Å². The average molecular weight is 365 g/mol. The first kappa shape index (κ1) is 19.8. The van der Waals surface area contributed by atoms with Crippen LogP contribution in [-0.2, 0) is 6.61 Å². The van der Waals surface area contributed by atoms with Gasteiger partial charge in [-0.25, -0.2) is 0 Å². The lowest BCUT2D eigenvalue weighted by Crippen LogP contribution is -2.39. The van der Waals surface area contributed by atoms with Gasteiger partial charge >= 0.3 is 6.18 Å². The van der Waals surface area contributed by atoms with Gasteiger partial charge in [0.05, 0.1) is 0 Å². The number of amides is 1. The molecule has 0 spiro atoms. The summed E-state index contributed by atoms with van der Waals surface area (Å²) in [6.45, 7) is 1.05. The zero-order valence-electron chi connectivity index (χ0n) is 14.6. The Bertz CT molecular complexity index is 684. The Morgan fingerprint density at radius 1 is 1.04 bits per heavy atom. The summed E-state index contributed by atoms with van der Waals surface area (Å²) in [5.74, 6) is 0.120. The fraction of sp³-hybridized carbons (Fsp3) is 0.350. The third kappa shape index (κ3) is 6.43. The number of benzene rings is 2. The monoisotopic (exact) mass is 365 g/mol. The van der Waals surface area contributed by atoms with Gasteiger partial charge < -0.3 is 9.64 Å². The van der Waals surface area contributed by atoms with Crippen molar-refractivity contribution in [3.8, 4) is 5.75 Å². The van der Waals surface area contributed by atoms with Crippen LogP contribution in [0.3, 0.4) is 0 Å². The van der Waals surface area contributed by atoms with E-state index in [1.807, 2.05) is 37.3 Å². The summed E-state index contributed by atoms with van der Waals surface area (Å²) in [7, 11) is 0. The molecule has 2 aromatic rings. The van der Waals surface area contributed by atoms with E-state index < -0.39 is 18.6 Å². The number of halogens is 3. The normalized spacial score (nSPS) is 11.2. The van der Waals surface area contributed by atoms with Gasteiger partial charge in [0.2, 0.25) is 0 Å². The number of hydrogen-bond donors (Lipinski definition) is 0. The highest BCUT2D eigenvalue weighted by Gasteiger charge is 2.33. The van der Waals surface area contributed by atoms with Crippen molar-refractivity contribution in [2.45, 2.75) is 32.5 Å². The Morgan fingerprint density at radius 2 is 1.69 bits per heavy atom. The summed E-state index contributed by atoms with van der Waals surface area (Å²) < 4.78 is 43.8. The number of carbonyl (C=O) groups is 1. The Hall–Kier alpha value is -2.50. The molecule has 0 atom stereocenters. The second-order valence-electron chi connectivity index (χ2n) is 5.99. The van der Waals surface area contributed by atoms with E-state index in [1.54, 1.807) is 24.3 Å².